The first-order chi connectivity index (χ1) is 17.3. The predicted octanol–water partition coefficient (Wildman–Crippen LogP) is 6.02. The molecule has 3 aliphatic rings. The van der Waals surface area contributed by atoms with Gasteiger partial charge in [0.2, 0.25) is 11.8 Å². The monoisotopic (exact) mass is 475 g/mol. The molecule has 0 spiro atoms. The fourth-order valence-electron chi connectivity index (χ4n) is 7.42. The number of ketones is 1. The molecule has 1 saturated heterocycles. The summed E-state index contributed by atoms with van der Waals surface area (Å²) in [4.78, 5) is 44.3. The molecule has 2 amide bonds. The van der Waals surface area contributed by atoms with Gasteiger partial charge < -0.3 is 0 Å². The van der Waals surface area contributed by atoms with Gasteiger partial charge in [0.1, 0.15) is 0 Å². The van der Waals surface area contributed by atoms with Gasteiger partial charge in [-0.3, -0.25) is 14.4 Å². The quantitative estimate of drug-likeness (QED) is 0.434. The largest absolute Gasteiger partial charge is 0.298 e. The van der Waals surface area contributed by atoms with E-state index in [0.717, 1.165) is 33.4 Å². The lowest BCUT2D eigenvalue weighted by Gasteiger charge is -2.37. The smallest absolute Gasteiger partial charge is 0.239 e. The third kappa shape index (κ3) is 2.57. The minimum absolute atomic E-state index is 0.00665. The van der Waals surface area contributed by atoms with Crippen molar-refractivity contribution in [3.8, 4) is 0 Å². The van der Waals surface area contributed by atoms with Crippen LogP contribution in [0.1, 0.15) is 42.5 Å². The lowest BCUT2D eigenvalue weighted by molar-refractivity contribution is -0.134. The molecule has 4 atom stereocenters. The molecule has 0 aromatic heterocycles. The number of benzene rings is 3. The SMILES string of the molecule is CC[C@@]12C(=O)[C@@](C)(C(c3ccccc3)=C1c1ccccc1)[C@H]1C(=O)N(c3ccc(C)cc3C)C(=O)[C@@H]12. The molecular weight excluding hydrogens is 446 g/mol. The van der Waals surface area contributed by atoms with E-state index >= 15 is 0 Å². The third-order valence-electron chi connectivity index (χ3n) is 8.83. The average Bonchev–Trinajstić information content (AvgIpc) is 3.35. The van der Waals surface area contributed by atoms with E-state index in [-0.39, 0.29) is 17.6 Å². The molecule has 4 heteroatoms. The van der Waals surface area contributed by atoms with Crippen LogP contribution < -0.4 is 4.90 Å². The second-order valence-electron chi connectivity index (χ2n) is 10.6. The van der Waals surface area contributed by atoms with Crippen molar-refractivity contribution in [3.63, 3.8) is 0 Å². The molecule has 3 aromatic carbocycles. The molecule has 0 N–H and O–H groups in total. The van der Waals surface area contributed by atoms with Gasteiger partial charge in [0, 0.05) is 0 Å². The minimum atomic E-state index is -1.09. The Bertz CT molecular complexity index is 1470. The van der Waals surface area contributed by atoms with Crippen LogP contribution in [0.15, 0.2) is 78.9 Å². The second kappa shape index (κ2) is 7.60. The molecule has 36 heavy (non-hydrogen) atoms. The Morgan fingerprint density at radius 3 is 1.86 bits per heavy atom. The van der Waals surface area contributed by atoms with Crippen molar-refractivity contribution in [1.29, 1.82) is 0 Å². The van der Waals surface area contributed by atoms with Crippen molar-refractivity contribution in [3.05, 3.63) is 101 Å². The van der Waals surface area contributed by atoms with Gasteiger partial charge in [-0.2, -0.15) is 0 Å². The van der Waals surface area contributed by atoms with E-state index < -0.39 is 22.7 Å². The highest BCUT2D eigenvalue weighted by Gasteiger charge is 2.79. The number of aryl methyl sites for hydroxylation is 2. The first-order valence-electron chi connectivity index (χ1n) is 12.6. The molecule has 1 aliphatic heterocycles. The summed E-state index contributed by atoms with van der Waals surface area (Å²) in [5, 5.41) is 0. The topological polar surface area (TPSA) is 54.5 Å². The summed E-state index contributed by atoms with van der Waals surface area (Å²) in [6, 6.07) is 25.6. The molecule has 2 fully saturated rings. The Balaban J connectivity index is 1.65. The fraction of sp³-hybridized carbons (Fsp3) is 0.281. The number of allylic oxidation sites excluding steroid dienone is 2. The molecule has 3 aromatic rings. The Hall–Kier alpha value is -3.79. The Labute approximate surface area is 211 Å². The Morgan fingerprint density at radius 2 is 1.31 bits per heavy atom. The van der Waals surface area contributed by atoms with E-state index in [2.05, 4.69) is 0 Å². The molecule has 180 valence electrons. The van der Waals surface area contributed by atoms with Gasteiger partial charge in [-0.1, -0.05) is 85.3 Å². The van der Waals surface area contributed by atoms with Crippen molar-refractivity contribution < 1.29 is 14.4 Å². The highest BCUT2D eigenvalue weighted by atomic mass is 16.2. The zero-order valence-corrected chi connectivity index (χ0v) is 21.0. The van der Waals surface area contributed by atoms with Crippen LogP contribution in [-0.4, -0.2) is 17.6 Å². The minimum Gasteiger partial charge on any atom is -0.298 e. The van der Waals surface area contributed by atoms with Crippen LogP contribution in [0.5, 0.6) is 0 Å². The summed E-state index contributed by atoms with van der Waals surface area (Å²) in [6.45, 7) is 7.80. The molecule has 2 aliphatic carbocycles. The Morgan fingerprint density at radius 1 is 0.750 bits per heavy atom. The highest BCUT2D eigenvalue weighted by molar-refractivity contribution is 6.34. The van der Waals surface area contributed by atoms with E-state index in [1.54, 1.807) is 0 Å². The van der Waals surface area contributed by atoms with Crippen molar-refractivity contribution >= 4 is 34.4 Å². The zero-order chi connectivity index (χ0) is 25.4. The van der Waals surface area contributed by atoms with Crippen LogP contribution in [0.4, 0.5) is 5.69 Å². The molecule has 4 nitrogen and oxygen atoms in total. The molecule has 1 heterocycles. The van der Waals surface area contributed by atoms with E-state index in [0.29, 0.717) is 12.1 Å². The number of hydrogen-bond acceptors (Lipinski definition) is 3. The first-order valence-corrected chi connectivity index (χ1v) is 12.6. The number of nitrogens with zero attached hydrogens (tertiary/aromatic N) is 1. The van der Waals surface area contributed by atoms with E-state index in [1.165, 1.54) is 4.90 Å². The van der Waals surface area contributed by atoms with E-state index in [9.17, 15) is 14.4 Å². The van der Waals surface area contributed by atoms with E-state index in [1.807, 2.05) is 107 Å². The summed E-state index contributed by atoms with van der Waals surface area (Å²) in [5.41, 5.74) is 4.12. The number of amides is 2. The summed E-state index contributed by atoms with van der Waals surface area (Å²) >= 11 is 0. The molecular formula is C32H29NO3. The maximum absolute atomic E-state index is 14.5. The van der Waals surface area contributed by atoms with Crippen LogP contribution in [0.3, 0.4) is 0 Å². The number of hydrogen-bond donors (Lipinski definition) is 0. The standard InChI is InChI=1S/C32H29NO3/c1-5-32-25(22-14-10-7-11-15-22)24(21-12-8-6-9-13-21)31(4,30(32)36)26-27(32)29(35)33(28(26)34)23-17-16-19(2)18-20(23)3/h6-18,26-27H,5H2,1-4H3/t26-,27-,31+,32-/m1/s1. The lowest BCUT2D eigenvalue weighted by atomic mass is 9.62. The van der Waals surface area contributed by atoms with Crippen molar-refractivity contribution in [2.24, 2.45) is 22.7 Å². The number of carbonyl (C=O) groups is 3. The highest BCUT2D eigenvalue weighted by Crippen LogP contribution is 2.74. The summed E-state index contributed by atoms with van der Waals surface area (Å²) < 4.78 is 0. The van der Waals surface area contributed by atoms with Crippen molar-refractivity contribution in [1.82, 2.24) is 0 Å². The fourth-order valence-corrected chi connectivity index (χ4v) is 7.42. The van der Waals surface area contributed by atoms with Gasteiger partial charge >= 0.3 is 0 Å². The predicted molar refractivity (Wildman–Crippen MR) is 141 cm³/mol. The van der Waals surface area contributed by atoms with Crippen molar-refractivity contribution in [2.75, 3.05) is 4.90 Å². The third-order valence-corrected chi connectivity index (χ3v) is 8.83. The second-order valence-corrected chi connectivity index (χ2v) is 10.6. The molecule has 0 radical (unpaired) electrons. The summed E-state index contributed by atoms with van der Waals surface area (Å²) in [6.07, 6.45) is 0.461. The number of rotatable bonds is 4. The maximum Gasteiger partial charge on any atom is 0.239 e. The molecule has 6 rings (SSSR count). The lowest BCUT2D eigenvalue weighted by Crippen LogP contribution is -2.41. The van der Waals surface area contributed by atoms with Gasteiger partial charge in [-0.05, 0) is 61.1 Å². The van der Waals surface area contributed by atoms with Crippen LogP contribution in [0.25, 0.3) is 11.1 Å². The normalized spacial score (nSPS) is 28.9. The first kappa shape index (κ1) is 22.7. The maximum atomic E-state index is 14.5. The van der Waals surface area contributed by atoms with Gasteiger partial charge in [0.15, 0.2) is 5.78 Å². The van der Waals surface area contributed by atoms with Crippen LogP contribution in [0.2, 0.25) is 0 Å². The number of Topliss-reactive ketones (excluding diaryl/α,β-unsaturated/α-hetero) is 1. The number of anilines is 1. The zero-order valence-electron chi connectivity index (χ0n) is 21.0. The molecule has 2 bridgehead atoms. The number of carbonyl (C=O) groups excluding carboxylic acids is 3. The summed E-state index contributed by atoms with van der Waals surface area (Å²) in [5.74, 6) is -1.94. The van der Waals surface area contributed by atoms with Crippen LogP contribution in [-0.2, 0) is 14.4 Å². The number of fused-ring (bicyclic) bond motifs is 5. The molecule has 1 saturated carbocycles. The average molecular weight is 476 g/mol. The van der Waals surface area contributed by atoms with Gasteiger partial charge in [-0.15, -0.1) is 0 Å². The van der Waals surface area contributed by atoms with Gasteiger partial charge in [0.25, 0.3) is 0 Å². The van der Waals surface area contributed by atoms with Gasteiger partial charge in [-0.25, -0.2) is 4.90 Å². The van der Waals surface area contributed by atoms with Gasteiger partial charge in [0.05, 0.1) is 28.4 Å². The van der Waals surface area contributed by atoms with E-state index in [4.69, 9.17) is 0 Å². The Kier molecular flexibility index (Phi) is 4.79. The number of imide groups is 1. The van der Waals surface area contributed by atoms with Crippen LogP contribution in [0, 0.1) is 36.5 Å². The van der Waals surface area contributed by atoms with Crippen LogP contribution >= 0.6 is 0 Å². The summed E-state index contributed by atoms with van der Waals surface area (Å²) in [7, 11) is 0. The molecule has 0 unspecified atom stereocenters. The van der Waals surface area contributed by atoms with Crippen molar-refractivity contribution in [2.45, 2.75) is 34.1 Å².